The zero-order valence-corrected chi connectivity index (χ0v) is 10.7. The molecular formula is C13H10F4O5. The molecule has 0 atom stereocenters. The van der Waals surface area contributed by atoms with Crippen molar-refractivity contribution in [2.75, 3.05) is 0 Å². The number of carbonyl (C=O) groups is 2. The number of rotatable bonds is 0. The summed E-state index contributed by atoms with van der Waals surface area (Å²) in [6.07, 6.45) is -5.08. The number of carboxylic acid groups (broad SMARTS) is 2. The van der Waals surface area contributed by atoms with Gasteiger partial charge in [-0.1, -0.05) is 12.1 Å². The minimum atomic E-state index is -5.08. The van der Waals surface area contributed by atoms with E-state index in [-0.39, 0.29) is 18.0 Å². The largest absolute Gasteiger partial charge is 0.508 e. The van der Waals surface area contributed by atoms with Crippen LogP contribution in [0, 0.1) is 5.82 Å². The summed E-state index contributed by atoms with van der Waals surface area (Å²) in [5, 5.41) is 24.8. The molecule has 0 aliphatic rings. The van der Waals surface area contributed by atoms with Crippen LogP contribution in [0.1, 0.15) is 0 Å². The van der Waals surface area contributed by atoms with E-state index in [2.05, 4.69) is 0 Å². The van der Waals surface area contributed by atoms with E-state index in [1.807, 2.05) is 0 Å². The van der Waals surface area contributed by atoms with Crippen molar-refractivity contribution in [3.8, 4) is 5.75 Å². The first kappa shape index (κ1) is 19.2. The summed E-state index contributed by atoms with van der Waals surface area (Å²) in [4.78, 5) is 17.3. The highest BCUT2D eigenvalue weighted by atomic mass is 19.4. The lowest BCUT2D eigenvalue weighted by atomic mass is 10.1. The number of phenolic OH excluding ortho intramolecular Hbond substituents is 1. The molecule has 9 heteroatoms. The van der Waals surface area contributed by atoms with Gasteiger partial charge in [0.1, 0.15) is 11.6 Å². The third-order valence-electron chi connectivity index (χ3n) is 2.03. The van der Waals surface area contributed by atoms with Crippen LogP contribution in [0.3, 0.4) is 0 Å². The first-order chi connectivity index (χ1) is 10.1. The standard InChI is InChI=1S/C10H7FO.C2HF3O2.CH2O2/c11-9-3-1-8-6-10(12)4-2-7(8)5-9;3-2(4,5)1(6)7;2-1-3/h1-6,12H;(H,6,7);1H,(H,2,3). The normalized spacial score (nSPS) is 9.82. The number of phenols is 1. The molecule has 0 aliphatic heterocycles. The summed E-state index contributed by atoms with van der Waals surface area (Å²) >= 11 is 0. The van der Waals surface area contributed by atoms with Crippen molar-refractivity contribution < 1.29 is 42.5 Å². The molecule has 0 aliphatic carbocycles. The average molecular weight is 322 g/mol. The Morgan fingerprint density at radius 2 is 1.45 bits per heavy atom. The van der Waals surface area contributed by atoms with Crippen molar-refractivity contribution in [3.63, 3.8) is 0 Å². The van der Waals surface area contributed by atoms with Gasteiger partial charge >= 0.3 is 12.1 Å². The number of fused-ring (bicyclic) bond motifs is 1. The molecular weight excluding hydrogens is 312 g/mol. The number of aliphatic carboxylic acids is 1. The van der Waals surface area contributed by atoms with Crippen molar-refractivity contribution in [2.45, 2.75) is 6.18 Å². The summed E-state index contributed by atoms with van der Waals surface area (Å²) < 4.78 is 44.4. The highest BCUT2D eigenvalue weighted by molar-refractivity contribution is 5.83. The second-order valence-corrected chi connectivity index (χ2v) is 3.58. The van der Waals surface area contributed by atoms with Crippen LogP contribution >= 0.6 is 0 Å². The van der Waals surface area contributed by atoms with E-state index in [1.54, 1.807) is 24.3 Å². The Hall–Kier alpha value is -2.84. The molecule has 0 fully saturated rings. The van der Waals surface area contributed by atoms with Crippen LogP contribution < -0.4 is 0 Å². The lowest BCUT2D eigenvalue weighted by Gasteiger charge is -1.97. The topological polar surface area (TPSA) is 94.8 Å². The maximum absolute atomic E-state index is 12.7. The van der Waals surface area contributed by atoms with E-state index < -0.39 is 12.1 Å². The van der Waals surface area contributed by atoms with Crippen LogP contribution in [0.4, 0.5) is 17.6 Å². The van der Waals surface area contributed by atoms with Gasteiger partial charge in [-0.25, -0.2) is 9.18 Å². The molecule has 5 nitrogen and oxygen atoms in total. The number of aromatic hydroxyl groups is 1. The van der Waals surface area contributed by atoms with Gasteiger partial charge in [-0.05, 0) is 35.0 Å². The quantitative estimate of drug-likeness (QED) is 0.512. The summed E-state index contributed by atoms with van der Waals surface area (Å²) in [6, 6.07) is 9.30. The number of halogens is 4. The van der Waals surface area contributed by atoms with Gasteiger partial charge in [0.05, 0.1) is 0 Å². The number of hydrogen-bond acceptors (Lipinski definition) is 3. The van der Waals surface area contributed by atoms with Crippen LogP contribution in [0.5, 0.6) is 5.75 Å². The Balaban J connectivity index is 0.000000379. The second kappa shape index (κ2) is 8.45. The van der Waals surface area contributed by atoms with Gasteiger partial charge in [0.25, 0.3) is 6.47 Å². The van der Waals surface area contributed by atoms with Gasteiger partial charge in [-0.3, -0.25) is 4.79 Å². The molecule has 0 bridgehead atoms. The lowest BCUT2D eigenvalue weighted by molar-refractivity contribution is -0.192. The van der Waals surface area contributed by atoms with Crippen molar-refractivity contribution in [2.24, 2.45) is 0 Å². The van der Waals surface area contributed by atoms with E-state index in [0.29, 0.717) is 0 Å². The smallest absolute Gasteiger partial charge is 0.490 e. The fraction of sp³-hybridized carbons (Fsp3) is 0.0769. The van der Waals surface area contributed by atoms with Crippen molar-refractivity contribution >= 4 is 23.2 Å². The number of benzene rings is 2. The van der Waals surface area contributed by atoms with E-state index in [0.717, 1.165) is 10.8 Å². The third kappa shape index (κ3) is 7.08. The molecule has 22 heavy (non-hydrogen) atoms. The number of carboxylic acids is 1. The Morgan fingerprint density at radius 1 is 1.05 bits per heavy atom. The first-order valence-electron chi connectivity index (χ1n) is 5.38. The minimum absolute atomic E-state index is 0.203. The molecule has 0 spiro atoms. The van der Waals surface area contributed by atoms with Gasteiger partial charge in [0.15, 0.2) is 0 Å². The highest BCUT2D eigenvalue weighted by Crippen LogP contribution is 2.20. The molecule has 2 aromatic rings. The summed E-state index contributed by atoms with van der Waals surface area (Å²) in [5.41, 5.74) is 0. The van der Waals surface area contributed by atoms with E-state index in [9.17, 15) is 17.6 Å². The number of hydrogen-bond donors (Lipinski definition) is 3. The van der Waals surface area contributed by atoms with Crippen molar-refractivity contribution in [1.82, 2.24) is 0 Å². The van der Waals surface area contributed by atoms with Gasteiger partial charge in [0.2, 0.25) is 0 Å². The molecule has 3 N–H and O–H groups in total. The predicted molar refractivity (Wildman–Crippen MR) is 68.0 cm³/mol. The molecule has 0 amide bonds. The zero-order valence-electron chi connectivity index (χ0n) is 10.7. The third-order valence-corrected chi connectivity index (χ3v) is 2.03. The van der Waals surface area contributed by atoms with Gasteiger partial charge in [-0.2, -0.15) is 13.2 Å². The first-order valence-corrected chi connectivity index (χ1v) is 5.38. The Kier molecular flexibility index (Phi) is 7.36. The molecule has 0 aromatic heterocycles. The molecule has 0 saturated heterocycles. The molecule has 120 valence electrons. The molecule has 0 saturated carbocycles. The van der Waals surface area contributed by atoms with Crippen LogP contribution in [-0.2, 0) is 9.59 Å². The lowest BCUT2D eigenvalue weighted by Crippen LogP contribution is -2.21. The summed E-state index contributed by atoms with van der Waals surface area (Å²) in [6.45, 7) is -0.250. The van der Waals surface area contributed by atoms with Crippen LogP contribution in [-0.4, -0.2) is 33.9 Å². The highest BCUT2D eigenvalue weighted by Gasteiger charge is 2.38. The molecule has 0 radical (unpaired) electrons. The monoisotopic (exact) mass is 322 g/mol. The summed E-state index contributed by atoms with van der Waals surface area (Å²) in [7, 11) is 0. The molecule has 0 unspecified atom stereocenters. The Morgan fingerprint density at radius 3 is 1.91 bits per heavy atom. The van der Waals surface area contributed by atoms with Gasteiger partial charge in [0, 0.05) is 0 Å². The van der Waals surface area contributed by atoms with Crippen molar-refractivity contribution in [1.29, 1.82) is 0 Å². The SMILES string of the molecule is O=C(O)C(F)(F)F.O=CO.Oc1ccc2cc(F)ccc2c1. The van der Waals surface area contributed by atoms with Gasteiger partial charge < -0.3 is 15.3 Å². The van der Waals surface area contributed by atoms with Crippen LogP contribution in [0.25, 0.3) is 10.8 Å². The van der Waals surface area contributed by atoms with E-state index in [1.165, 1.54) is 12.1 Å². The molecule has 0 heterocycles. The fourth-order valence-corrected chi connectivity index (χ4v) is 1.20. The van der Waals surface area contributed by atoms with E-state index in [4.69, 9.17) is 24.9 Å². The van der Waals surface area contributed by atoms with E-state index >= 15 is 0 Å². The minimum Gasteiger partial charge on any atom is -0.508 e. The Labute approximate surface area is 121 Å². The molecule has 2 rings (SSSR count). The maximum Gasteiger partial charge on any atom is 0.490 e. The molecule has 2 aromatic carbocycles. The number of alkyl halides is 3. The fourth-order valence-electron chi connectivity index (χ4n) is 1.20. The maximum atomic E-state index is 12.7. The second-order valence-electron chi connectivity index (χ2n) is 3.58. The predicted octanol–water partition coefficient (Wildman–Crippen LogP) is 3.02. The average Bonchev–Trinajstić information content (AvgIpc) is 2.39. The van der Waals surface area contributed by atoms with Gasteiger partial charge in [-0.15, -0.1) is 0 Å². The zero-order chi connectivity index (χ0) is 17.3. The van der Waals surface area contributed by atoms with Crippen molar-refractivity contribution in [3.05, 3.63) is 42.2 Å². The summed E-state index contributed by atoms with van der Waals surface area (Å²) in [5.74, 6) is -2.81. The Bertz CT molecular complexity index is 599. The van der Waals surface area contributed by atoms with Crippen LogP contribution in [0.2, 0.25) is 0 Å². The van der Waals surface area contributed by atoms with Crippen LogP contribution in [0.15, 0.2) is 36.4 Å².